The Bertz CT molecular complexity index is 485. The minimum atomic E-state index is 0.0476. The molecule has 0 spiro atoms. The van der Waals surface area contributed by atoms with Crippen molar-refractivity contribution in [2.45, 2.75) is 12.8 Å². The predicted octanol–water partition coefficient (Wildman–Crippen LogP) is 2.47. The van der Waals surface area contributed by atoms with Crippen molar-refractivity contribution in [3.05, 3.63) is 28.8 Å². The largest absolute Gasteiger partial charge is 0.397 e. The van der Waals surface area contributed by atoms with Crippen LogP contribution in [0.25, 0.3) is 0 Å². The van der Waals surface area contributed by atoms with E-state index in [-0.39, 0.29) is 5.91 Å². The number of benzene rings is 1. The van der Waals surface area contributed by atoms with Gasteiger partial charge in [-0.1, -0.05) is 22.5 Å². The van der Waals surface area contributed by atoms with Crippen molar-refractivity contribution >= 4 is 38.9 Å². The number of nitrogen functional groups attached to an aromatic ring is 1. The number of rotatable bonds is 3. The number of nitrogens with one attached hydrogen (secondary N) is 2. The first-order valence-corrected chi connectivity index (χ1v) is 6.15. The van der Waals surface area contributed by atoms with Gasteiger partial charge in [0.15, 0.2) is 0 Å². The van der Waals surface area contributed by atoms with Crippen LogP contribution < -0.4 is 16.4 Å². The van der Waals surface area contributed by atoms with Crippen LogP contribution >= 0.6 is 15.9 Å². The number of aryl methyl sites for hydroxylation is 1. The van der Waals surface area contributed by atoms with Crippen LogP contribution in [0.5, 0.6) is 0 Å². The molecular formula is C12H14BrN3O. The number of carbonyl (C=O) groups excluding carboxylic acids is 1. The summed E-state index contributed by atoms with van der Waals surface area (Å²) in [7, 11) is 0. The molecular weight excluding hydrogens is 282 g/mol. The van der Waals surface area contributed by atoms with Crippen molar-refractivity contribution in [1.29, 1.82) is 0 Å². The molecule has 4 nitrogen and oxygen atoms in total. The summed E-state index contributed by atoms with van der Waals surface area (Å²) in [5.74, 6) is 0.0476. The zero-order valence-corrected chi connectivity index (χ0v) is 10.9. The van der Waals surface area contributed by atoms with E-state index in [9.17, 15) is 4.79 Å². The lowest BCUT2D eigenvalue weighted by atomic mass is 10.0. The summed E-state index contributed by atoms with van der Waals surface area (Å²) in [6.45, 7) is 4.37. The highest BCUT2D eigenvalue weighted by molar-refractivity contribution is 9.11. The third kappa shape index (κ3) is 2.79. The fourth-order valence-electron chi connectivity index (χ4n) is 1.79. The Morgan fingerprint density at radius 2 is 2.29 bits per heavy atom. The van der Waals surface area contributed by atoms with Crippen LogP contribution in [0.2, 0.25) is 0 Å². The number of amides is 1. The van der Waals surface area contributed by atoms with Gasteiger partial charge in [-0.05, 0) is 24.1 Å². The minimum Gasteiger partial charge on any atom is -0.397 e. The number of fused-ring (bicyclic) bond motifs is 1. The SMILES string of the molecule is C=C(Br)CNc1cc2c(cc1N)NC(=O)CC2. The summed E-state index contributed by atoms with van der Waals surface area (Å²) in [4.78, 5) is 11.3. The van der Waals surface area contributed by atoms with Crippen LogP contribution in [0.1, 0.15) is 12.0 Å². The molecule has 0 aromatic heterocycles. The molecule has 1 aromatic carbocycles. The molecule has 0 saturated heterocycles. The Hall–Kier alpha value is -1.49. The number of hydrogen-bond acceptors (Lipinski definition) is 3. The van der Waals surface area contributed by atoms with Crippen molar-refractivity contribution in [1.82, 2.24) is 0 Å². The predicted molar refractivity (Wildman–Crippen MR) is 74.4 cm³/mol. The number of hydrogen-bond donors (Lipinski definition) is 3. The van der Waals surface area contributed by atoms with E-state index in [0.29, 0.717) is 18.7 Å². The summed E-state index contributed by atoms with van der Waals surface area (Å²) >= 11 is 3.28. The molecule has 0 fully saturated rings. The Labute approximate surface area is 108 Å². The summed E-state index contributed by atoms with van der Waals surface area (Å²) in [5, 5.41) is 6.01. The van der Waals surface area contributed by atoms with Gasteiger partial charge in [0.25, 0.3) is 0 Å². The molecule has 0 aliphatic carbocycles. The number of carbonyl (C=O) groups is 1. The molecule has 1 aliphatic rings. The first-order valence-electron chi connectivity index (χ1n) is 5.35. The quantitative estimate of drug-likeness (QED) is 0.751. The van der Waals surface area contributed by atoms with E-state index >= 15 is 0 Å². The van der Waals surface area contributed by atoms with Gasteiger partial charge in [-0.2, -0.15) is 0 Å². The van der Waals surface area contributed by atoms with E-state index in [1.165, 1.54) is 0 Å². The van der Waals surface area contributed by atoms with Gasteiger partial charge in [-0.25, -0.2) is 0 Å². The molecule has 0 bridgehead atoms. The van der Waals surface area contributed by atoms with Gasteiger partial charge >= 0.3 is 0 Å². The second kappa shape index (κ2) is 4.79. The van der Waals surface area contributed by atoms with Crippen molar-refractivity contribution in [3.8, 4) is 0 Å². The molecule has 1 heterocycles. The van der Waals surface area contributed by atoms with Crippen LogP contribution in [-0.2, 0) is 11.2 Å². The van der Waals surface area contributed by atoms with Crippen molar-refractivity contribution < 1.29 is 4.79 Å². The molecule has 0 radical (unpaired) electrons. The van der Waals surface area contributed by atoms with Gasteiger partial charge in [-0.3, -0.25) is 4.79 Å². The maximum Gasteiger partial charge on any atom is 0.224 e. The fraction of sp³-hybridized carbons (Fsp3) is 0.250. The van der Waals surface area contributed by atoms with Gasteiger partial charge < -0.3 is 16.4 Å². The van der Waals surface area contributed by atoms with E-state index in [1.54, 1.807) is 6.07 Å². The van der Waals surface area contributed by atoms with E-state index in [4.69, 9.17) is 5.73 Å². The van der Waals surface area contributed by atoms with Gasteiger partial charge in [0.2, 0.25) is 5.91 Å². The Kier molecular flexibility index (Phi) is 3.38. The molecule has 0 saturated carbocycles. The average Bonchev–Trinajstić information content (AvgIpc) is 2.26. The zero-order chi connectivity index (χ0) is 12.4. The molecule has 17 heavy (non-hydrogen) atoms. The molecule has 4 N–H and O–H groups in total. The summed E-state index contributed by atoms with van der Waals surface area (Å²) in [6.07, 6.45) is 1.28. The topological polar surface area (TPSA) is 67.2 Å². The highest BCUT2D eigenvalue weighted by Gasteiger charge is 2.16. The van der Waals surface area contributed by atoms with Crippen LogP contribution in [0.3, 0.4) is 0 Å². The monoisotopic (exact) mass is 295 g/mol. The molecule has 0 unspecified atom stereocenters. The highest BCUT2D eigenvalue weighted by atomic mass is 79.9. The first kappa shape index (κ1) is 12.0. The smallest absolute Gasteiger partial charge is 0.224 e. The van der Waals surface area contributed by atoms with E-state index in [1.807, 2.05) is 6.07 Å². The summed E-state index contributed by atoms with van der Waals surface area (Å²) in [5.41, 5.74) is 9.35. The van der Waals surface area contributed by atoms with Crippen LogP contribution in [0, 0.1) is 0 Å². The third-order valence-corrected chi connectivity index (χ3v) is 2.92. The molecule has 1 aromatic rings. The number of nitrogens with two attached hydrogens (primary N) is 1. The van der Waals surface area contributed by atoms with Crippen molar-refractivity contribution in [2.75, 3.05) is 22.9 Å². The normalized spacial score (nSPS) is 13.8. The standard InChI is InChI=1S/C12H14BrN3O/c1-7(13)6-15-11-4-8-2-3-12(17)16-10(8)5-9(11)14/h4-5,15H,1-3,6,14H2,(H,16,17). The molecule has 2 rings (SSSR count). The maximum absolute atomic E-state index is 11.3. The van der Waals surface area contributed by atoms with Crippen molar-refractivity contribution in [3.63, 3.8) is 0 Å². The Morgan fingerprint density at radius 3 is 3.00 bits per heavy atom. The molecule has 90 valence electrons. The number of anilines is 3. The number of halogens is 1. The van der Waals surface area contributed by atoms with Gasteiger partial charge in [0, 0.05) is 23.1 Å². The molecule has 1 aliphatic heterocycles. The van der Waals surface area contributed by atoms with Crippen LogP contribution in [0.15, 0.2) is 23.2 Å². The molecule has 1 amide bonds. The Morgan fingerprint density at radius 1 is 1.53 bits per heavy atom. The average molecular weight is 296 g/mol. The van der Waals surface area contributed by atoms with Crippen LogP contribution in [-0.4, -0.2) is 12.5 Å². The third-order valence-electron chi connectivity index (χ3n) is 2.64. The van der Waals surface area contributed by atoms with Crippen molar-refractivity contribution in [2.24, 2.45) is 0 Å². The van der Waals surface area contributed by atoms with Gasteiger partial charge in [0.05, 0.1) is 11.4 Å². The van der Waals surface area contributed by atoms with E-state index in [0.717, 1.165) is 27.8 Å². The van der Waals surface area contributed by atoms with E-state index < -0.39 is 0 Å². The van der Waals surface area contributed by atoms with Gasteiger partial charge in [-0.15, -0.1) is 0 Å². The zero-order valence-electron chi connectivity index (χ0n) is 9.35. The lowest BCUT2D eigenvalue weighted by molar-refractivity contribution is -0.116. The van der Waals surface area contributed by atoms with Crippen LogP contribution in [0.4, 0.5) is 17.1 Å². The minimum absolute atomic E-state index is 0.0476. The lowest BCUT2D eigenvalue weighted by Gasteiger charge is -2.19. The Balaban J connectivity index is 2.24. The maximum atomic E-state index is 11.3. The second-order valence-electron chi connectivity index (χ2n) is 4.02. The van der Waals surface area contributed by atoms with E-state index in [2.05, 4.69) is 33.1 Å². The summed E-state index contributed by atoms with van der Waals surface area (Å²) < 4.78 is 0.864. The second-order valence-corrected chi connectivity index (χ2v) is 5.14. The fourth-order valence-corrected chi connectivity index (χ4v) is 1.93. The first-order chi connectivity index (χ1) is 8.06. The molecule has 0 atom stereocenters. The highest BCUT2D eigenvalue weighted by Crippen LogP contribution is 2.31. The molecule has 5 heteroatoms. The van der Waals surface area contributed by atoms with Gasteiger partial charge in [0.1, 0.15) is 0 Å². The lowest BCUT2D eigenvalue weighted by Crippen LogP contribution is -2.19. The summed E-state index contributed by atoms with van der Waals surface area (Å²) in [6, 6.07) is 3.78.